The van der Waals surface area contributed by atoms with Crippen LogP contribution in [0.3, 0.4) is 0 Å². The van der Waals surface area contributed by atoms with Crippen LogP contribution in [-0.4, -0.2) is 29.0 Å². The number of carbonyl (C=O) groups excluding carboxylic acids is 5. The molecule has 1 N–H and O–H groups in total. The van der Waals surface area contributed by atoms with Gasteiger partial charge in [0.1, 0.15) is 23.0 Å². The Balaban J connectivity index is 0.000000164. The largest absolute Gasteiger partial charge is 0.457 e. The first-order valence-electron chi connectivity index (χ1n) is 35.3. The number of benzene rings is 12. The minimum Gasteiger partial charge on any atom is -0.457 e. The van der Waals surface area contributed by atoms with E-state index >= 15 is 0 Å². The van der Waals surface area contributed by atoms with Gasteiger partial charge in [0.15, 0.2) is 23.1 Å². The van der Waals surface area contributed by atoms with Crippen molar-refractivity contribution in [1.82, 2.24) is 0 Å². The second-order valence-corrected chi connectivity index (χ2v) is 28.1. The number of hydrogen-bond donors (Lipinski definition) is 1. The first-order chi connectivity index (χ1) is 49.4. The predicted molar refractivity (Wildman–Crippen MR) is 427 cm³/mol. The highest BCUT2D eigenvalue weighted by molar-refractivity contribution is 6.14. The normalized spacial score (nSPS) is 10.8. The summed E-state index contributed by atoms with van der Waals surface area (Å²) in [5, 5.41) is 2.93. The number of hydrogen-bond acceptors (Lipinski definition) is 7. The van der Waals surface area contributed by atoms with Gasteiger partial charge in [-0.05, 0) is 314 Å². The third kappa shape index (κ3) is 19.5. The Labute approximate surface area is 615 Å². The highest BCUT2D eigenvalue weighted by atomic mass is 16.5. The van der Waals surface area contributed by atoms with Crippen LogP contribution in [0, 0.1) is 111 Å². The lowest BCUT2D eigenvalue weighted by Gasteiger charge is -2.27. The molecule has 0 saturated heterocycles. The molecule has 8 nitrogen and oxygen atoms in total. The average Bonchev–Trinajstić information content (AvgIpc) is 0.825. The van der Waals surface area contributed by atoms with Crippen LogP contribution >= 0.6 is 0 Å². The molecule has 12 aromatic carbocycles. The number of carbonyl (C=O) groups is 5. The van der Waals surface area contributed by atoms with Crippen molar-refractivity contribution in [3.05, 3.63) is 393 Å². The van der Waals surface area contributed by atoms with Crippen LogP contribution in [0.2, 0.25) is 0 Å². The first kappa shape index (κ1) is 76.6. The van der Waals surface area contributed by atoms with Gasteiger partial charge in [-0.3, -0.25) is 24.0 Å². The zero-order chi connectivity index (χ0) is 75.3. The number of anilines is 1. The van der Waals surface area contributed by atoms with Crippen molar-refractivity contribution in [2.75, 3.05) is 5.32 Å². The molecule has 0 unspecified atom stereocenters. The quantitative estimate of drug-likeness (QED) is 0.0958. The van der Waals surface area contributed by atoms with Gasteiger partial charge in [0.25, 0.3) is 5.91 Å². The smallest absolute Gasteiger partial charge is 0.255 e. The van der Waals surface area contributed by atoms with Gasteiger partial charge in [0.05, 0.1) is 0 Å². The van der Waals surface area contributed by atoms with Crippen LogP contribution in [0.4, 0.5) is 5.69 Å². The Morgan fingerprint density at radius 1 is 0.231 bits per heavy atom. The highest BCUT2D eigenvalue weighted by Crippen LogP contribution is 2.37. The second kappa shape index (κ2) is 33.9. The van der Waals surface area contributed by atoms with Crippen molar-refractivity contribution in [1.29, 1.82) is 0 Å². The van der Waals surface area contributed by atoms with Crippen molar-refractivity contribution in [3.63, 3.8) is 0 Å². The van der Waals surface area contributed by atoms with E-state index < -0.39 is 0 Å². The first-order valence-corrected chi connectivity index (χ1v) is 35.3. The van der Waals surface area contributed by atoms with E-state index in [0.717, 1.165) is 78.8 Å². The van der Waals surface area contributed by atoms with Gasteiger partial charge in [-0.2, -0.15) is 0 Å². The van der Waals surface area contributed by atoms with Gasteiger partial charge >= 0.3 is 0 Å². The van der Waals surface area contributed by atoms with Crippen LogP contribution < -0.4 is 14.8 Å². The van der Waals surface area contributed by atoms with E-state index in [1.54, 1.807) is 48.5 Å². The van der Waals surface area contributed by atoms with E-state index in [1.165, 1.54) is 50.1 Å². The van der Waals surface area contributed by atoms with Crippen molar-refractivity contribution in [2.24, 2.45) is 0 Å². The van der Waals surface area contributed by atoms with Crippen molar-refractivity contribution >= 4 is 34.7 Å². The SMILES string of the molecule is Cc1ccc(C(=O)c2ccc(C(=O)c3ccc(C)c(C)c3)cc2)cc1C.Cc1ccc(C(=O)c2cccc(C(=O)c3ccc(C)c(C)c3)c2)cc1C.Cc1ccc(NC(=O)c2ccc(C)c(C)c2)cc1C.Cc1ccc(Oc2cccc(C(C)(C)c3cccc(Oc4ccc(C)c(C)c4)c3)c2)cc1C. The van der Waals surface area contributed by atoms with Crippen LogP contribution in [0.1, 0.15) is 188 Å². The molecule has 0 aliphatic heterocycles. The molecule has 0 atom stereocenters. The maximum absolute atomic E-state index is 12.8. The van der Waals surface area contributed by atoms with Gasteiger partial charge in [0, 0.05) is 61.2 Å². The summed E-state index contributed by atoms with van der Waals surface area (Å²) in [6.45, 7) is 37.1. The molecule has 0 aromatic heterocycles. The fourth-order valence-corrected chi connectivity index (χ4v) is 11.6. The zero-order valence-corrected chi connectivity index (χ0v) is 63.5. The molecule has 104 heavy (non-hydrogen) atoms. The molecule has 0 spiro atoms. The molecule has 12 aromatic rings. The third-order valence-corrected chi connectivity index (χ3v) is 19.9. The lowest BCUT2D eigenvalue weighted by atomic mass is 9.78. The number of nitrogens with one attached hydrogen (secondary N) is 1. The molecule has 1 amide bonds. The van der Waals surface area contributed by atoms with Crippen molar-refractivity contribution in [3.8, 4) is 23.0 Å². The number of amides is 1. The molecule has 526 valence electrons. The van der Waals surface area contributed by atoms with Crippen LogP contribution in [-0.2, 0) is 5.41 Å². The predicted octanol–water partition coefficient (Wildman–Crippen LogP) is 23.8. The molecule has 0 aliphatic rings. The van der Waals surface area contributed by atoms with E-state index in [2.05, 4.69) is 114 Å². The van der Waals surface area contributed by atoms with E-state index in [1.807, 2.05) is 210 Å². The standard InChI is InChI=1S/C31H32O2.2C24H22O2.C17H19NO/c1-21-13-15-29(17-23(21)3)32-27-11-7-9-25(19-27)31(5,6)26-10-8-12-28(20-26)33-30-16-14-22(2)24(4)18-30;1-15-5-7-21(13-17(15)3)23(25)19-9-11-20(12-10-19)24(26)22-8-6-16(2)18(4)14-22;1-15-8-10-21(12-17(15)3)23(25)19-6-5-7-20(14-19)24(26)22-11-9-16(2)18(4)13-22;1-11-5-7-15(9-13(11)3)17(19)18-16-8-6-12(2)14(4)10-16/h7-20H,1-6H3;2*5-14H,1-4H3;5-10H,1-4H3,(H,18,19). The van der Waals surface area contributed by atoms with Gasteiger partial charge in [-0.25, -0.2) is 0 Å². The molecule has 0 bridgehead atoms. The Bertz CT molecular complexity index is 4940. The monoisotopic (exact) mass is 1370 g/mol. The molecular weight excluding hydrogens is 1280 g/mol. The molecule has 0 radical (unpaired) electrons. The topological polar surface area (TPSA) is 116 Å². The maximum atomic E-state index is 12.8. The van der Waals surface area contributed by atoms with Crippen molar-refractivity contribution in [2.45, 2.75) is 130 Å². The van der Waals surface area contributed by atoms with Crippen molar-refractivity contribution < 1.29 is 33.4 Å². The number of ketones is 4. The van der Waals surface area contributed by atoms with E-state index in [0.29, 0.717) is 50.1 Å². The lowest BCUT2D eigenvalue weighted by Crippen LogP contribution is -2.18. The molecule has 0 heterocycles. The number of rotatable bonds is 16. The molecule has 12 rings (SSSR count). The summed E-state index contributed by atoms with van der Waals surface area (Å²) in [7, 11) is 0. The van der Waals surface area contributed by atoms with Gasteiger partial charge < -0.3 is 14.8 Å². The Kier molecular flexibility index (Phi) is 25.0. The Morgan fingerprint density at radius 2 is 0.481 bits per heavy atom. The molecule has 0 saturated carbocycles. The molecule has 0 aliphatic carbocycles. The summed E-state index contributed by atoms with van der Waals surface area (Å²) in [6.07, 6.45) is 0. The third-order valence-electron chi connectivity index (χ3n) is 19.9. The molecule has 0 fully saturated rings. The molecule has 8 heteroatoms. The fraction of sp³-hybridized carbons (Fsp3) is 0.198. The summed E-state index contributed by atoms with van der Waals surface area (Å²) in [5.74, 6) is 3.14. The number of ether oxygens (including phenoxy) is 2. The lowest BCUT2D eigenvalue weighted by molar-refractivity contribution is 0.102. The fourth-order valence-electron chi connectivity index (χ4n) is 11.6. The second-order valence-electron chi connectivity index (χ2n) is 28.1. The summed E-state index contributed by atoms with van der Waals surface area (Å²) in [5.41, 5.74) is 27.2. The van der Waals surface area contributed by atoms with Gasteiger partial charge in [0.2, 0.25) is 0 Å². The highest BCUT2D eigenvalue weighted by Gasteiger charge is 2.25. The minimum absolute atomic E-state index is 0.0294. The van der Waals surface area contributed by atoms with E-state index in [-0.39, 0.29) is 34.5 Å². The zero-order valence-electron chi connectivity index (χ0n) is 63.5. The molecular formula is C96H95NO7. The summed E-state index contributed by atoms with van der Waals surface area (Å²) in [6, 6.07) is 77.5. The van der Waals surface area contributed by atoms with Gasteiger partial charge in [-0.15, -0.1) is 0 Å². The Morgan fingerprint density at radius 3 is 0.808 bits per heavy atom. The minimum atomic E-state index is -0.217. The number of aryl methyl sites for hydroxylation is 16. The summed E-state index contributed by atoms with van der Waals surface area (Å²) >= 11 is 0. The Hall–Kier alpha value is -11.6. The maximum Gasteiger partial charge on any atom is 0.255 e. The van der Waals surface area contributed by atoms with Crippen LogP contribution in [0.25, 0.3) is 0 Å². The van der Waals surface area contributed by atoms with Crippen LogP contribution in [0.5, 0.6) is 23.0 Å². The average molecular weight is 1370 g/mol. The summed E-state index contributed by atoms with van der Waals surface area (Å²) in [4.78, 5) is 63.1. The van der Waals surface area contributed by atoms with Crippen LogP contribution in [0.15, 0.2) is 243 Å². The van der Waals surface area contributed by atoms with E-state index in [9.17, 15) is 24.0 Å². The van der Waals surface area contributed by atoms with Gasteiger partial charge in [-0.1, -0.05) is 153 Å². The van der Waals surface area contributed by atoms with E-state index in [4.69, 9.17) is 9.47 Å². The summed E-state index contributed by atoms with van der Waals surface area (Å²) < 4.78 is 12.4.